The minimum atomic E-state index is -1.08. The molecule has 1 aromatic rings. The molecule has 0 heterocycles. The highest BCUT2D eigenvalue weighted by molar-refractivity contribution is 5.91. The first-order valence-electron chi connectivity index (χ1n) is 4.76. The van der Waals surface area contributed by atoms with E-state index >= 15 is 0 Å². The quantitative estimate of drug-likeness (QED) is 0.787. The van der Waals surface area contributed by atoms with E-state index in [1.165, 1.54) is 19.2 Å². The molecular weight excluding hydrogens is 212 g/mol. The Labute approximate surface area is 93.2 Å². The van der Waals surface area contributed by atoms with Crippen molar-refractivity contribution in [2.75, 3.05) is 13.7 Å². The number of carboxylic acid groups (broad SMARTS) is 1. The summed E-state index contributed by atoms with van der Waals surface area (Å²) in [6.45, 7) is 1.59. The first-order chi connectivity index (χ1) is 7.54. The van der Waals surface area contributed by atoms with E-state index in [9.17, 15) is 4.79 Å². The number of carbonyl (C=O) groups is 1. The Hall–Kier alpha value is -1.75. The van der Waals surface area contributed by atoms with Gasteiger partial charge in [0, 0.05) is 6.07 Å². The van der Waals surface area contributed by atoms with Crippen LogP contribution in [0.15, 0.2) is 18.2 Å². The van der Waals surface area contributed by atoms with Gasteiger partial charge in [-0.25, -0.2) is 4.79 Å². The lowest BCUT2D eigenvalue weighted by atomic mass is 10.2. The van der Waals surface area contributed by atoms with Gasteiger partial charge in [0.1, 0.15) is 23.7 Å². The van der Waals surface area contributed by atoms with E-state index in [0.29, 0.717) is 5.75 Å². The summed E-state index contributed by atoms with van der Waals surface area (Å²) in [6.07, 6.45) is -0.659. The first kappa shape index (κ1) is 12.3. The van der Waals surface area contributed by atoms with Gasteiger partial charge >= 0.3 is 5.97 Å². The molecule has 0 aliphatic heterocycles. The first-order valence-corrected chi connectivity index (χ1v) is 4.76. The number of carboxylic acids is 1. The summed E-state index contributed by atoms with van der Waals surface area (Å²) in [4.78, 5) is 10.9. The molecule has 1 unspecified atom stereocenters. The number of methoxy groups -OCH3 is 1. The normalized spacial score (nSPS) is 11.9. The molecule has 2 N–H and O–H groups in total. The molecular formula is C11H14O5. The average molecular weight is 226 g/mol. The van der Waals surface area contributed by atoms with Crippen molar-refractivity contribution >= 4 is 5.97 Å². The predicted octanol–water partition coefficient (Wildman–Crippen LogP) is 1.15. The third kappa shape index (κ3) is 3.13. The van der Waals surface area contributed by atoms with Gasteiger partial charge < -0.3 is 19.7 Å². The van der Waals surface area contributed by atoms with Crippen molar-refractivity contribution in [1.29, 1.82) is 0 Å². The minimum absolute atomic E-state index is 0.0352. The summed E-state index contributed by atoms with van der Waals surface area (Å²) in [5, 5.41) is 18.0. The van der Waals surface area contributed by atoms with Crippen LogP contribution in [0.1, 0.15) is 17.3 Å². The number of hydrogen-bond acceptors (Lipinski definition) is 4. The van der Waals surface area contributed by atoms with Gasteiger partial charge in [-0.05, 0) is 19.1 Å². The minimum Gasteiger partial charge on any atom is -0.497 e. The van der Waals surface area contributed by atoms with Crippen LogP contribution in [0.2, 0.25) is 0 Å². The molecule has 1 aromatic carbocycles. The lowest BCUT2D eigenvalue weighted by Gasteiger charge is -2.11. The van der Waals surface area contributed by atoms with Crippen molar-refractivity contribution in [3.63, 3.8) is 0 Å². The topological polar surface area (TPSA) is 76.0 Å². The molecule has 0 saturated carbocycles. The van der Waals surface area contributed by atoms with Gasteiger partial charge in [0.2, 0.25) is 0 Å². The van der Waals surface area contributed by atoms with Crippen LogP contribution >= 0.6 is 0 Å². The second kappa shape index (κ2) is 5.37. The van der Waals surface area contributed by atoms with Crippen LogP contribution in [0.4, 0.5) is 0 Å². The number of rotatable bonds is 5. The largest absolute Gasteiger partial charge is 0.497 e. The molecule has 0 radical (unpaired) electrons. The van der Waals surface area contributed by atoms with Gasteiger partial charge in [-0.2, -0.15) is 0 Å². The van der Waals surface area contributed by atoms with E-state index in [-0.39, 0.29) is 17.9 Å². The second-order valence-corrected chi connectivity index (χ2v) is 3.33. The zero-order chi connectivity index (χ0) is 12.1. The summed E-state index contributed by atoms with van der Waals surface area (Å²) >= 11 is 0. The molecule has 0 saturated heterocycles. The van der Waals surface area contributed by atoms with Crippen molar-refractivity contribution in [1.82, 2.24) is 0 Å². The molecule has 0 spiro atoms. The van der Waals surface area contributed by atoms with E-state index < -0.39 is 12.1 Å². The molecule has 0 fully saturated rings. The summed E-state index contributed by atoms with van der Waals surface area (Å²) in [6, 6.07) is 4.42. The van der Waals surface area contributed by atoms with Gasteiger partial charge in [0.15, 0.2) is 0 Å². The van der Waals surface area contributed by atoms with Gasteiger partial charge in [0.25, 0.3) is 0 Å². The fraction of sp³-hybridized carbons (Fsp3) is 0.364. The molecule has 5 heteroatoms. The van der Waals surface area contributed by atoms with Crippen LogP contribution in [0.25, 0.3) is 0 Å². The molecule has 0 aliphatic carbocycles. The fourth-order valence-electron chi connectivity index (χ4n) is 1.14. The van der Waals surface area contributed by atoms with Crippen molar-refractivity contribution in [3.8, 4) is 11.5 Å². The number of aliphatic hydroxyl groups is 1. The summed E-state index contributed by atoms with van der Waals surface area (Å²) in [7, 11) is 1.48. The lowest BCUT2D eigenvalue weighted by Crippen LogP contribution is -2.14. The van der Waals surface area contributed by atoms with E-state index in [0.717, 1.165) is 0 Å². The maximum atomic E-state index is 10.9. The molecule has 1 atom stereocenters. The Bertz CT molecular complexity index is 373. The highest BCUT2D eigenvalue weighted by Gasteiger charge is 2.13. The van der Waals surface area contributed by atoms with Crippen molar-refractivity contribution in [2.24, 2.45) is 0 Å². The Morgan fingerprint density at radius 3 is 2.69 bits per heavy atom. The fourth-order valence-corrected chi connectivity index (χ4v) is 1.14. The van der Waals surface area contributed by atoms with E-state index in [1.807, 2.05) is 0 Å². The summed E-state index contributed by atoms with van der Waals surface area (Å²) in [5.41, 5.74) is 0.0430. The van der Waals surface area contributed by atoms with Crippen LogP contribution in [-0.2, 0) is 0 Å². The van der Waals surface area contributed by atoms with Gasteiger partial charge in [-0.15, -0.1) is 0 Å². The van der Waals surface area contributed by atoms with E-state index in [2.05, 4.69) is 0 Å². The lowest BCUT2D eigenvalue weighted by molar-refractivity contribution is 0.0685. The Morgan fingerprint density at radius 2 is 2.19 bits per heavy atom. The zero-order valence-corrected chi connectivity index (χ0v) is 9.14. The van der Waals surface area contributed by atoms with Crippen molar-refractivity contribution in [3.05, 3.63) is 23.8 Å². The van der Waals surface area contributed by atoms with Crippen LogP contribution in [0.3, 0.4) is 0 Å². The smallest absolute Gasteiger partial charge is 0.339 e. The number of aliphatic hydroxyl groups excluding tert-OH is 1. The van der Waals surface area contributed by atoms with Crippen LogP contribution < -0.4 is 9.47 Å². The molecule has 0 bridgehead atoms. The Balaban J connectivity index is 2.96. The molecule has 88 valence electrons. The maximum Gasteiger partial charge on any atom is 0.339 e. The Morgan fingerprint density at radius 1 is 1.50 bits per heavy atom. The van der Waals surface area contributed by atoms with Gasteiger partial charge in [0.05, 0.1) is 13.2 Å². The monoisotopic (exact) mass is 226 g/mol. The molecule has 0 aliphatic rings. The molecule has 16 heavy (non-hydrogen) atoms. The summed E-state index contributed by atoms with van der Waals surface area (Å²) < 4.78 is 10.2. The van der Waals surface area contributed by atoms with Crippen LogP contribution in [0.5, 0.6) is 11.5 Å². The highest BCUT2D eigenvalue weighted by Crippen LogP contribution is 2.24. The average Bonchev–Trinajstić information content (AvgIpc) is 2.25. The van der Waals surface area contributed by atoms with E-state index in [4.69, 9.17) is 19.7 Å². The number of benzene rings is 1. The SMILES string of the molecule is COc1ccc(C(=O)O)c(OCC(C)O)c1. The third-order valence-electron chi connectivity index (χ3n) is 1.90. The highest BCUT2D eigenvalue weighted by atomic mass is 16.5. The van der Waals surface area contributed by atoms with E-state index in [1.54, 1.807) is 13.0 Å². The standard InChI is InChI=1S/C11H14O5/c1-7(12)6-16-10-5-8(15-2)3-4-9(10)11(13)14/h3-5,7,12H,6H2,1-2H3,(H,13,14). The van der Waals surface area contributed by atoms with Gasteiger partial charge in [-0.1, -0.05) is 0 Å². The molecule has 0 aromatic heterocycles. The molecule has 5 nitrogen and oxygen atoms in total. The van der Waals surface area contributed by atoms with Crippen molar-refractivity contribution in [2.45, 2.75) is 13.0 Å². The third-order valence-corrected chi connectivity index (χ3v) is 1.90. The summed E-state index contributed by atoms with van der Waals surface area (Å²) in [5.74, 6) is -0.387. The second-order valence-electron chi connectivity index (χ2n) is 3.33. The number of ether oxygens (including phenoxy) is 2. The Kier molecular flexibility index (Phi) is 4.13. The van der Waals surface area contributed by atoms with Crippen LogP contribution in [-0.4, -0.2) is 36.0 Å². The molecule has 1 rings (SSSR count). The van der Waals surface area contributed by atoms with Gasteiger partial charge in [-0.3, -0.25) is 0 Å². The number of hydrogen-bond donors (Lipinski definition) is 2. The van der Waals surface area contributed by atoms with Crippen LogP contribution in [0, 0.1) is 0 Å². The van der Waals surface area contributed by atoms with Crippen molar-refractivity contribution < 1.29 is 24.5 Å². The predicted molar refractivity (Wildman–Crippen MR) is 57.1 cm³/mol. The maximum absolute atomic E-state index is 10.9. The molecule has 0 amide bonds. The number of aromatic carboxylic acids is 1. The zero-order valence-electron chi connectivity index (χ0n) is 9.14.